The first-order valence-corrected chi connectivity index (χ1v) is 5.29. The molecule has 1 N–H and O–H groups in total. The van der Waals surface area contributed by atoms with E-state index in [1.54, 1.807) is 19.1 Å². The molecule has 1 aromatic carbocycles. The Labute approximate surface area is 97.2 Å². The van der Waals surface area contributed by atoms with E-state index in [0.29, 0.717) is 0 Å². The van der Waals surface area contributed by atoms with Gasteiger partial charge < -0.3 is 9.84 Å². The summed E-state index contributed by atoms with van der Waals surface area (Å²) in [6.45, 7) is 1.38. The molecule has 0 spiro atoms. The monoisotopic (exact) mass is 272 g/mol. The largest absolute Gasteiger partial charge is 0.468 e. The van der Waals surface area contributed by atoms with Crippen LogP contribution in [0.4, 0.5) is 0 Å². The van der Waals surface area contributed by atoms with E-state index in [4.69, 9.17) is 0 Å². The molecule has 0 aliphatic rings. The van der Waals surface area contributed by atoms with Crippen molar-refractivity contribution in [2.45, 2.75) is 12.3 Å². The molecule has 15 heavy (non-hydrogen) atoms. The van der Waals surface area contributed by atoms with Gasteiger partial charge in [-0.25, -0.2) is 0 Å². The normalized spacial score (nSPS) is 14.4. The Bertz CT molecular complexity index is 347. The number of carbonyl (C=O) groups excluding carboxylic acids is 1. The number of rotatable bonds is 3. The second kappa shape index (κ2) is 4.77. The summed E-state index contributed by atoms with van der Waals surface area (Å²) in [5.74, 6) is -0.438. The van der Waals surface area contributed by atoms with Gasteiger partial charge in [-0.05, 0) is 24.6 Å². The molecule has 0 bridgehead atoms. The average molecular weight is 273 g/mol. The van der Waals surface area contributed by atoms with Crippen molar-refractivity contribution in [3.05, 3.63) is 34.3 Å². The van der Waals surface area contributed by atoms with Crippen LogP contribution in [0.15, 0.2) is 28.7 Å². The number of hydrogen-bond acceptors (Lipinski definition) is 3. The average Bonchev–Trinajstić information content (AvgIpc) is 2.27. The Morgan fingerprint density at radius 2 is 2.00 bits per heavy atom. The van der Waals surface area contributed by atoms with Crippen LogP contribution in [-0.4, -0.2) is 24.8 Å². The van der Waals surface area contributed by atoms with Crippen LogP contribution in [0.3, 0.4) is 0 Å². The predicted molar refractivity (Wildman–Crippen MR) is 60.6 cm³/mol. The van der Waals surface area contributed by atoms with Crippen molar-refractivity contribution in [2.24, 2.45) is 0 Å². The van der Waals surface area contributed by atoms with E-state index in [0.717, 1.165) is 10.0 Å². The molecule has 1 aromatic rings. The maximum atomic E-state index is 11.6. The first kappa shape index (κ1) is 12.2. The van der Waals surface area contributed by atoms with Gasteiger partial charge in [-0.15, -0.1) is 0 Å². The minimum absolute atomic E-state index is 0.276. The SMILES string of the molecule is COC(=O)C(C)(CO)c1ccc(Br)cc1. The summed E-state index contributed by atoms with van der Waals surface area (Å²) in [5.41, 5.74) is -0.254. The molecule has 0 aliphatic heterocycles. The quantitative estimate of drug-likeness (QED) is 0.855. The molecule has 0 saturated heterocycles. The van der Waals surface area contributed by atoms with Crippen LogP contribution in [0.5, 0.6) is 0 Å². The molecule has 1 atom stereocenters. The maximum absolute atomic E-state index is 11.6. The minimum atomic E-state index is -0.991. The molecule has 3 nitrogen and oxygen atoms in total. The van der Waals surface area contributed by atoms with Crippen molar-refractivity contribution in [1.82, 2.24) is 0 Å². The zero-order chi connectivity index (χ0) is 11.5. The third-order valence-electron chi connectivity index (χ3n) is 2.43. The van der Waals surface area contributed by atoms with Crippen LogP contribution in [0.1, 0.15) is 12.5 Å². The molecular weight excluding hydrogens is 260 g/mol. The Balaban J connectivity index is 3.11. The number of carbonyl (C=O) groups is 1. The van der Waals surface area contributed by atoms with Gasteiger partial charge in [-0.3, -0.25) is 4.79 Å². The molecule has 0 amide bonds. The van der Waals surface area contributed by atoms with Crippen molar-refractivity contribution in [3.8, 4) is 0 Å². The number of aliphatic hydroxyl groups is 1. The van der Waals surface area contributed by atoms with E-state index in [1.807, 2.05) is 12.1 Å². The summed E-state index contributed by atoms with van der Waals surface area (Å²) in [7, 11) is 1.31. The fraction of sp³-hybridized carbons (Fsp3) is 0.364. The molecule has 0 radical (unpaired) electrons. The highest BCUT2D eigenvalue weighted by Crippen LogP contribution is 2.26. The number of esters is 1. The molecule has 82 valence electrons. The lowest BCUT2D eigenvalue weighted by atomic mass is 9.83. The van der Waals surface area contributed by atoms with E-state index >= 15 is 0 Å². The molecular formula is C11H13BrO3. The number of aliphatic hydroxyl groups excluding tert-OH is 1. The number of halogens is 1. The van der Waals surface area contributed by atoms with Crippen molar-refractivity contribution < 1.29 is 14.6 Å². The number of ether oxygens (including phenoxy) is 1. The summed E-state index contributed by atoms with van der Waals surface area (Å²) in [6, 6.07) is 7.23. The molecule has 0 aliphatic carbocycles. The Hall–Kier alpha value is -0.870. The van der Waals surface area contributed by atoms with Gasteiger partial charge in [0.25, 0.3) is 0 Å². The lowest BCUT2D eigenvalue weighted by Gasteiger charge is -2.24. The van der Waals surface area contributed by atoms with Gasteiger partial charge in [0.15, 0.2) is 0 Å². The van der Waals surface area contributed by atoms with Crippen LogP contribution in [0.25, 0.3) is 0 Å². The van der Waals surface area contributed by atoms with E-state index in [2.05, 4.69) is 20.7 Å². The van der Waals surface area contributed by atoms with E-state index in [1.165, 1.54) is 7.11 Å². The summed E-state index contributed by atoms with van der Waals surface area (Å²) < 4.78 is 5.61. The predicted octanol–water partition coefficient (Wildman–Crippen LogP) is 1.87. The van der Waals surface area contributed by atoms with Gasteiger partial charge in [0.1, 0.15) is 5.41 Å². The van der Waals surface area contributed by atoms with Crippen molar-refractivity contribution >= 4 is 21.9 Å². The highest BCUT2D eigenvalue weighted by Gasteiger charge is 2.35. The minimum Gasteiger partial charge on any atom is -0.468 e. The van der Waals surface area contributed by atoms with Crippen molar-refractivity contribution in [2.75, 3.05) is 13.7 Å². The molecule has 1 unspecified atom stereocenters. The summed E-state index contributed by atoms with van der Waals surface area (Å²) >= 11 is 3.31. The Kier molecular flexibility index (Phi) is 3.88. The van der Waals surface area contributed by atoms with Gasteiger partial charge in [0.05, 0.1) is 13.7 Å². The maximum Gasteiger partial charge on any atom is 0.318 e. The highest BCUT2D eigenvalue weighted by molar-refractivity contribution is 9.10. The summed E-state index contributed by atoms with van der Waals surface area (Å²) in [4.78, 5) is 11.6. The topological polar surface area (TPSA) is 46.5 Å². The van der Waals surface area contributed by atoms with Gasteiger partial charge in [0, 0.05) is 4.47 Å². The third kappa shape index (κ3) is 2.38. The van der Waals surface area contributed by atoms with E-state index in [-0.39, 0.29) is 6.61 Å². The second-order valence-electron chi connectivity index (χ2n) is 3.49. The van der Waals surface area contributed by atoms with Crippen LogP contribution >= 0.6 is 15.9 Å². The first-order chi connectivity index (χ1) is 7.04. The summed E-state index contributed by atoms with van der Waals surface area (Å²) in [6.07, 6.45) is 0. The van der Waals surface area contributed by atoms with Gasteiger partial charge in [-0.1, -0.05) is 28.1 Å². The van der Waals surface area contributed by atoms with Gasteiger partial charge in [-0.2, -0.15) is 0 Å². The first-order valence-electron chi connectivity index (χ1n) is 4.50. The van der Waals surface area contributed by atoms with Crippen molar-refractivity contribution in [1.29, 1.82) is 0 Å². The standard InChI is InChI=1S/C11H13BrO3/c1-11(7-13,10(14)15-2)8-3-5-9(12)6-4-8/h3-6,13H,7H2,1-2H3. The fourth-order valence-electron chi connectivity index (χ4n) is 1.32. The molecule has 0 fully saturated rings. The second-order valence-corrected chi connectivity index (χ2v) is 4.40. The highest BCUT2D eigenvalue weighted by atomic mass is 79.9. The third-order valence-corrected chi connectivity index (χ3v) is 2.96. The van der Waals surface area contributed by atoms with E-state index in [9.17, 15) is 9.90 Å². The Morgan fingerprint density at radius 3 is 2.40 bits per heavy atom. The fourth-order valence-corrected chi connectivity index (χ4v) is 1.58. The lowest BCUT2D eigenvalue weighted by molar-refractivity contribution is -0.148. The zero-order valence-electron chi connectivity index (χ0n) is 8.66. The molecule has 0 saturated carbocycles. The zero-order valence-corrected chi connectivity index (χ0v) is 10.2. The smallest absolute Gasteiger partial charge is 0.318 e. The number of benzene rings is 1. The van der Waals surface area contributed by atoms with Gasteiger partial charge in [0.2, 0.25) is 0 Å². The summed E-state index contributed by atoms with van der Waals surface area (Å²) in [5, 5.41) is 9.30. The van der Waals surface area contributed by atoms with Crippen LogP contribution in [0, 0.1) is 0 Å². The molecule has 1 rings (SSSR count). The number of methoxy groups -OCH3 is 1. The molecule has 0 aromatic heterocycles. The van der Waals surface area contributed by atoms with Crippen molar-refractivity contribution in [3.63, 3.8) is 0 Å². The van der Waals surface area contributed by atoms with Gasteiger partial charge >= 0.3 is 5.97 Å². The molecule has 4 heteroatoms. The van der Waals surface area contributed by atoms with Crippen LogP contribution in [-0.2, 0) is 14.9 Å². The van der Waals surface area contributed by atoms with Crippen LogP contribution < -0.4 is 0 Å². The number of hydrogen-bond donors (Lipinski definition) is 1. The molecule has 0 heterocycles. The van der Waals surface area contributed by atoms with Crippen LogP contribution in [0.2, 0.25) is 0 Å². The lowest BCUT2D eigenvalue weighted by Crippen LogP contribution is -2.37. The Morgan fingerprint density at radius 1 is 1.47 bits per heavy atom. The van der Waals surface area contributed by atoms with E-state index < -0.39 is 11.4 Å².